The second-order valence-corrected chi connectivity index (χ2v) is 4.69. The zero-order chi connectivity index (χ0) is 10.6. The Labute approximate surface area is 107 Å². The lowest BCUT2D eigenvalue weighted by atomic mass is 10.2. The lowest BCUT2D eigenvalue weighted by Gasteiger charge is -2.01. The first-order valence-electron chi connectivity index (χ1n) is 4.02. The summed E-state index contributed by atoms with van der Waals surface area (Å²) in [6.45, 7) is 0. The first kappa shape index (κ1) is 12.4. The number of rotatable bonds is 3. The average Bonchev–Trinajstić information content (AvgIpc) is 2.13. The van der Waals surface area contributed by atoms with Gasteiger partial charge in [0.1, 0.15) is 0 Å². The molecule has 1 aromatic carbocycles. The lowest BCUT2D eigenvalue weighted by molar-refractivity contribution is 1.27. The van der Waals surface area contributed by atoms with Crippen molar-refractivity contribution >= 4 is 56.8 Å². The van der Waals surface area contributed by atoms with E-state index >= 15 is 0 Å². The van der Waals surface area contributed by atoms with E-state index in [2.05, 4.69) is 15.9 Å². The molecule has 14 heavy (non-hydrogen) atoms. The van der Waals surface area contributed by atoms with Gasteiger partial charge in [-0.2, -0.15) is 0 Å². The molecule has 0 N–H and O–H groups in total. The number of hydrogen-bond donors (Lipinski definition) is 0. The predicted molar refractivity (Wildman–Crippen MR) is 68.9 cm³/mol. The first-order valence-corrected chi connectivity index (χ1v) is 6.27. The summed E-state index contributed by atoms with van der Waals surface area (Å²) in [5.41, 5.74) is 0.852. The number of hydrogen-bond acceptors (Lipinski definition) is 0. The van der Waals surface area contributed by atoms with E-state index in [1.807, 2.05) is 12.2 Å². The molecule has 0 atom stereocenters. The maximum atomic E-state index is 5.99. The van der Waals surface area contributed by atoms with E-state index in [1.54, 1.807) is 12.1 Å². The fraction of sp³-hybridized carbons (Fsp3) is 0.200. The van der Waals surface area contributed by atoms with E-state index in [0.717, 1.165) is 17.3 Å². The van der Waals surface area contributed by atoms with Gasteiger partial charge in [0.2, 0.25) is 0 Å². The van der Waals surface area contributed by atoms with Crippen molar-refractivity contribution in [1.82, 2.24) is 0 Å². The fourth-order valence-electron chi connectivity index (χ4n) is 0.970. The summed E-state index contributed by atoms with van der Waals surface area (Å²) >= 11 is 21.0. The van der Waals surface area contributed by atoms with Crippen molar-refractivity contribution < 1.29 is 0 Å². The molecule has 0 aliphatic carbocycles. The lowest BCUT2D eigenvalue weighted by Crippen LogP contribution is -1.78. The molecule has 0 heterocycles. The Morgan fingerprint density at radius 3 is 2.57 bits per heavy atom. The molecule has 1 rings (SSSR count). The zero-order valence-electron chi connectivity index (χ0n) is 7.24. The van der Waals surface area contributed by atoms with Gasteiger partial charge in [-0.15, -0.1) is 0 Å². The van der Waals surface area contributed by atoms with Gasteiger partial charge >= 0.3 is 0 Å². The molecular weight excluding hydrogens is 306 g/mol. The minimum atomic E-state index is 0.484. The Morgan fingerprint density at radius 1 is 1.21 bits per heavy atom. The molecule has 1 aromatic rings. The number of halogens is 4. The normalized spacial score (nSPS) is 11.1. The molecule has 0 fully saturated rings. The highest BCUT2D eigenvalue weighted by atomic mass is 79.9. The highest BCUT2D eigenvalue weighted by molar-refractivity contribution is 9.09. The Balaban J connectivity index is 2.96. The fourth-order valence-corrected chi connectivity index (χ4v) is 1.92. The van der Waals surface area contributed by atoms with Gasteiger partial charge in [0.25, 0.3) is 0 Å². The van der Waals surface area contributed by atoms with Crippen LogP contribution in [-0.4, -0.2) is 5.33 Å². The minimum Gasteiger partial charge on any atom is -0.0925 e. The largest absolute Gasteiger partial charge is 0.0925 e. The molecule has 0 aliphatic heterocycles. The molecule has 0 bridgehead atoms. The number of allylic oxidation sites excluding steroid dienone is 1. The minimum absolute atomic E-state index is 0.484. The topological polar surface area (TPSA) is 0 Å². The van der Waals surface area contributed by atoms with Gasteiger partial charge in [0, 0.05) is 10.4 Å². The summed E-state index contributed by atoms with van der Waals surface area (Å²) in [6, 6.07) is 3.42. The summed E-state index contributed by atoms with van der Waals surface area (Å²) < 4.78 is 0. The molecule has 0 saturated heterocycles. The molecule has 0 aromatic heterocycles. The third-order valence-electron chi connectivity index (χ3n) is 1.59. The first-order chi connectivity index (χ1) is 6.65. The van der Waals surface area contributed by atoms with E-state index in [-0.39, 0.29) is 0 Å². The number of alkyl halides is 1. The molecule has 4 heteroatoms. The monoisotopic (exact) mass is 312 g/mol. The third-order valence-corrected chi connectivity index (χ3v) is 3.09. The van der Waals surface area contributed by atoms with Gasteiger partial charge in [-0.05, 0) is 24.1 Å². The van der Waals surface area contributed by atoms with Crippen LogP contribution in [0.15, 0.2) is 18.2 Å². The zero-order valence-corrected chi connectivity index (χ0v) is 11.1. The summed E-state index contributed by atoms with van der Waals surface area (Å²) in [5.74, 6) is 0. The van der Waals surface area contributed by atoms with Gasteiger partial charge < -0.3 is 0 Å². The Morgan fingerprint density at radius 2 is 1.93 bits per heavy atom. The van der Waals surface area contributed by atoms with Crippen LogP contribution in [0.2, 0.25) is 15.1 Å². The highest BCUT2D eigenvalue weighted by Gasteiger charge is 2.03. The van der Waals surface area contributed by atoms with E-state index < -0.39 is 0 Å². The van der Waals surface area contributed by atoms with Crippen molar-refractivity contribution in [3.8, 4) is 0 Å². The van der Waals surface area contributed by atoms with Crippen molar-refractivity contribution in [3.63, 3.8) is 0 Å². The predicted octanol–water partition coefficient (Wildman–Crippen LogP) is 5.45. The highest BCUT2D eigenvalue weighted by Crippen LogP contribution is 2.30. The van der Waals surface area contributed by atoms with Gasteiger partial charge in [0.15, 0.2) is 0 Å². The Hall–Kier alpha value is 0.310. The van der Waals surface area contributed by atoms with Crippen molar-refractivity contribution in [1.29, 1.82) is 0 Å². The van der Waals surface area contributed by atoms with Crippen LogP contribution < -0.4 is 0 Å². The second kappa shape index (κ2) is 6.02. The molecule has 0 unspecified atom stereocenters. The molecule has 0 spiro atoms. The van der Waals surface area contributed by atoms with Crippen molar-refractivity contribution in [2.75, 3.05) is 5.33 Å². The maximum absolute atomic E-state index is 5.99. The molecule has 0 saturated carbocycles. The SMILES string of the molecule is Clc1cc(Cl)c(Cl)c(C=CCCBr)c1. The van der Waals surface area contributed by atoms with E-state index in [4.69, 9.17) is 34.8 Å². The van der Waals surface area contributed by atoms with E-state index in [9.17, 15) is 0 Å². The van der Waals surface area contributed by atoms with Crippen LogP contribution in [0.3, 0.4) is 0 Å². The van der Waals surface area contributed by atoms with Crippen LogP contribution >= 0.6 is 50.7 Å². The summed E-state index contributed by atoms with van der Waals surface area (Å²) in [4.78, 5) is 0. The smallest absolute Gasteiger partial charge is 0.0665 e. The van der Waals surface area contributed by atoms with E-state index in [1.165, 1.54) is 0 Å². The van der Waals surface area contributed by atoms with Gasteiger partial charge in [-0.3, -0.25) is 0 Å². The Bertz CT molecular complexity index is 347. The van der Waals surface area contributed by atoms with E-state index in [0.29, 0.717) is 15.1 Å². The summed E-state index contributed by atoms with van der Waals surface area (Å²) in [5, 5.41) is 2.55. The van der Waals surface area contributed by atoms with Crippen molar-refractivity contribution in [2.45, 2.75) is 6.42 Å². The molecular formula is C10H8BrCl3. The standard InChI is InChI=1S/C10H8BrCl3/c11-4-2-1-3-7-5-8(12)6-9(13)10(7)14/h1,3,5-6H,2,4H2. The Kier molecular flexibility index (Phi) is 5.32. The summed E-state index contributed by atoms with van der Waals surface area (Å²) in [6.07, 6.45) is 4.88. The van der Waals surface area contributed by atoms with Gasteiger partial charge in [-0.1, -0.05) is 62.9 Å². The number of benzene rings is 1. The van der Waals surface area contributed by atoms with Gasteiger partial charge in [0.05, 0.1) is 10.0 Å². The third kappa shape index (κ3) is 3.47. The van der Waals surface area contributed by atoms with Crippen LogP contribution in [0.4, 0.5) is 0 Å². The molecule has 0 radical (unpaired) electrons. The van der Waals surface area contributed by atoms with Crippen LogP contribution in [0, 0.1) is 0 Å². The molecule has 0 aliphatic rings. The van der Waals surface area contributed by atoms with Crippen LogP contribution in [-0.2, 0) is 0 Å². The van der Waals surface area contributed by atoms with Crippen LogP contribution in [0.5, 0.6) is 0 Å². The molecule has 0 nitrogen and oxygen atoms in total. The van der Waals surface area contributed by atoms with Gasteiger partial charge in [-0.25, -0.2) is 0 Å². The van der Waals surface area contributed by atoms with Crippen LogP contribution in [0.1, 0.15) is 12.0 Å². The second-order valence-electron chi connectivity index (χ2n) is 2.67. The molecule has 76 valence electrons. The maximum Gasteiger partial charge on any atom is 0.0665 e. The summed E-state index contributed by atoms with van der Waals surface area (Å²) in [7, 11) is 0. The van der Waals surface area contributed by atoms with Crippen LogP contribution in [0.25, 0.3) is 6.08 Å². The average molecular weight is 314 g/mol. The molecule has 0 amide bonds. The van der Waals surface area contributed by atoms with Crippen molar-refractivity contribution in [2.24, 2.45) is 0 Å². The van der Waals surface area contributed by atoms with Crippen molar-refractivity contribution in [3.05, 3.63) is 38.8 Å². The quantitative estimate of drug-likeness (QED) is 0.514.